The van der Waals surface area contributed by atoms with Crippen molar-refractivity contribution in [3.8, 4) is 0 Å². The number of aryl methyl sites for hydroxylation is 1. The molecule has 108 valence electrons. The quantitative estimate of drug-likeness (QED) is 0.817. The van der Waals surface area contributed by atoms with Gasteiger partial charge in [0.2, 0.25) is 0 Å². The lowest BCUT2D eigenvalue weighted by Crippen LogP contribution is -2.06. The predicted molar refractivity (Wildman–Crippen MR) is 80.3 cm³/mol. The lowest BCUT2D eigenvalue weighted by molar-refractivity contribution is -0.137. The highest BCUT2D eigenvalue weighted by Gasteiger charge is 2.13. The molecule has 0 aliphatic rings. The van der Waals surface area contributed by atoms with Crippen molar-refractivity contribution in [1.29, 1.82) is 0 Å². The lowest BCUT2D eigenvalue weighted by Gasteiger charge is -2.13. The number of rotatable bonds is 6. The second-order valence-corrected chi connectivity index (χ2v) is 5.66. The first-order valence-corrected chi connectivity index (χ1v) is 7.25. The number of benzene rings is 1. The van der Waals surface area contributed by atoms with Crippen LogP contribution < -0.4 is 0 Å². The maximum atomic E-state index is 10.5. The van der Waals surface area contributed by atoms with Crippen LogP contribution in [0.2, 0.25) is 5.02 Å². The fraction of sp³-hybridized carbons (Fsp3) is 0.467. The molecule has 4 nitrogen and oxygen atoms in total. The zero-order chi connectivity index (χ0) is 14.7. The summed E-state index contributed by atoms with van der Waals surface area (Å²) in [6, 6.07) is 6.01. The van der Waals surface area contributed by atoms with Crippen LogP contribution in [0.5, 0.6) is 0 Å². The predicted octanol–water partition coefficient (Wildman–Crippen LogP) is 4.07. The Morgan fingerprint density at radius 2 is 2.15 bits per heavy atom. The fourth-order valence-electron chi connectivity index (χ4n) is 2.43. The molecule has 1 aromatic carbocycles. The molecule has 0 unspecified atom stereocenters. The smallest absolute Gasteiger partial charge is 0.303 e. The molecule has 0 aliphatic carbocycles. The number of imidazole rings is 1. The third kappa shape index (κ3) is 3.31. The first-order valence-electron chi connectivity index (χ1n) is 6.87. The standard InChI is InChI=1S/C15H19ClN2O2/c1-10(2)18-13-9-11(16)7-8-12(13)17-14(18)5-3-4-6-15(19)20/h7-10H,3-6H2,1-2H3,(H,19,20). The molecule has 2 rings (SSSR count). The molecule has 5 heteroatoms. The maximum absolute atomic E-state index is 10.5. The van der Waals surface area contributed by atoms with Crippen LogP contribution in [0.3, 0.4) is 0 Å². The summed E-state index contributed by atoms with van der Waals surface area (Å²) in [4.78, 5) is 15.2. The third-order valence-corrected chi connectivity index (χ3v) is 3.52. The molecule has 1 heterocycles. The molecule has 20 heavy (non-hydrogen) atoms. The van der Waals surface area contributed by atoms with Crippen LogP contribution >= 0.6 is 11.6 Å². The van der Waals surface area contributed by atoms with Gasteiger partial charge in [0.15, 0.2) is 0 Å². The van der Waals surface area contributed by atoms with Crippen molar-refractivity contribution < 1.29 is 9.90 Å². The normalized spacial score (nSPS) is 11.4. The van der Waals surface area contributed by atoms with E-state index in [2.05, 4.69) is 23.4 Å². The van der Waals surface area contributed by atoms with Crippen LogP contribution in [0.1, 0.15) is 45.0 Å². The van der Waals surface area contributed by atoms with E-state index in [0.717, 1.165) is 29.7 Å². The highest BCUT2D eigenvalue weighted by Crippen LogP contribution is 2.25. The Morgan fingerprint density at radius 3 is 2.80 bits per heavy atom. The Balaban J connectivity index is 2.23. The number of aliphatic carboxylic acids is 1. The van der Waals surface area contributed by atoms with Crippen LogP contribution in [-0.4, -0.2) is 20.6 Å². The van der Waals surface area contributed by atoms with Gasteiger partial charge < -0.3 is 9.67 Å². The van der Waals surface area contributed by atoms with Gasteiger partial charge in [-0.3, -0.25) is 4.79 Å². The van der Waals surface area contributed by atoms with Gasteiger partial charge >= 0.3 is 5.97 Å². The van der Waals surface area contributed by atoms with Crippen molar-refractivity contribution in [1.82, 2.24) is 9.55 Å². The summed E-state index contributed by atoms with van der Waals surface area (Å²) in [6.45, 7) is 4.23. The highest BCUT2D eigenvalue weighted by molar-refractivity contribution is 6.31. The van der Waals surface area contributed by atoms with Gasteiger partial charge in [0.05, 0.1) is 11.0 Å². The van der Waals surface area contributed by atoms with E-state index in [4.69, 9.17) is 16.7 Å². The number of nitrogens with zero attached hydrogens (tertiary/aromatic N) is 2. The van der Waals surface area contributed by atoms with Crippen LogP contribution in [0.15, 0.2) is 18.2 Å². The Hall–Kier alpha value is -1.55. The fourth-order valence-corrected chi connectivity index (χ4v) is 2.59. The van der Waals surface area contributed by atoms with Gasteiger partial charge in [-0.05, 0) is 44.9 Å². The molecule has 1 N–H and O–H groups in total. The summed E-state index contributed by atoms with van der Waals surface area (Å²) < 4.78 is 2.18. The molecule has 0 radical (unpaired) electrons. The van der Waals surface area contributed by atoms with Gasteiger partial charge in [-0.2, -0.15) is 0 Å². The highest BCUT2D eigenvalue weighted by atomic mass is 35.5. The Labute approximate surface area is 123 Å². The average molecular weight is 295 g/mol. The molecule has 0 atom stereocenters. The molecule has 0 bridgehead atoms. The Kier molecular flexibility index (Phi) is 4.65. The molecular weight excluding hydrogens is 276 g/mol. The van der Waals surface area contributed by atoms with Crippen LogP contribution in [0.4, 0.5) is 0 Å². The van der Waals surface area contributed by atoms with Crippen molar-refractivity contribution in [2.45, 2.75) is 45.6 Å². The number of carboxylic acid groups (broad SMARTS) is 1. The lowest BCUT2D eigenvalue weighted by atomic mass is 10.2. The minimum atomic E-state index is -0.742. The second-order valence-electron chi connectivity index (χ2n) is 5.23. The first kappa shape index (κ1) is 14.9. The van der Waals surface area contributed by atoms with E-state index in [0.29, 0.717) is 17.5 Å². The van der Waals surface area contributed by atoms with Crippen LogP contribution in [-0.2, 0) is 11.2 Å². The van der Waals surface area contributed by atoms with Gasteiger partial charge in [-0.25, -0.2) is 4.98 Å². The maximum Gasteiger partial charge on any atom is 0.303 e. The van der Waals surface area contributed by atoms with Gasteiger partial charge in [0.25, 0.3) is 0 Å². The number of carbonyl (C=O) groups is 1. The third-order valence-electron chi connectivity index (χ3n) is 3.28. The van der Waals surface area contributed by atoms with Crippen LogP contribution in [0, 0.1) is 0 Å². The van der Waals surface area contributed by atoms with E-state index in [-0.39, 0.29) is 6.42 Å². The summed E-state index contributed by atoms with van der Waals surface area (Å²) in [6.07, 6.45) is 2.51. The molecule has 0 amide bonds. The van der Waals surface area contributed by atoms with Crippen molar-refractivity contribution in [2.24, 2.45) is 0 Å². The summed E-state index contributed by atoms with van der Waals surface area (Å²) in [5.74, 6) is 0.261. The van der Waals surface area contributed by atoms with E-state index in [1.165, 1.54) is 0 Å². The van der Waals surface area contributed by atoms with E-state index in [9.17, 15) is 4.79 Å². The van der Waals surface area contributed by atoms with Crippen molar-refractivity contribution in [3.63, 3.8) is 0 Å². The number of fused-ring (bicyclic) bond motifs is 1. The van der Waals surface area contributed by atoms with E-state index in [1.54, 1.807) is 0 Å². The summed E-state index contributed by atoms with van der Waals surface area (Å²) in [5, 5.41) is 9.37. The SMILES string of the molecule is CC(C)n1c(CCCCC(=O)O)nc2ccc(Cl)cc21. The Bertz CT molecular complexity index is 620. The summed E-state index contributed by atoms with van der Waals surface area (Å²) in [5.41, 5.74) is 1.98. The van der Waals surface area contributed by atoms with E-state index in [1.807, 2.05) is 18.2 Å². The summed E-state index contributed by atoms with van der Waals surface area (Å²) in [7, 11) is 0. The van der Waals surface area contributed by atoms with E-state index >= 15 is 0 Å². The van der Waals surface area contributed by atoms with Gasteiger partial charge in [0, 0.05) is 23.9 Å². The number of hydrogen-bond acceptors (Lipinski definition) is 2. The first-order chi connectivity index (χ1) is 9.49. The minimum absolute atomic E-state index is 0.216. The molecular formula is C15H19ClN2O2. The molecule has 1 aromatic heterocycles. The van der Waals surface area contributed by atoms with Gasteiger partial charge in [0.1, 0.15) is 5.82 Å². The number of halogens is 1. The molecule has 2 aromatic rings. The van der Waals surface area contributed by atoms with Gasteiger partial charge in [-0.15, -0.1) is 0 Å². The van der Waals surface area contributed by atoms with Crippen molar-refractivity contribution >= 4 is 28.6 Å². The topological polar surface area (TPSA) is 55.1 Å². The second kappa shape index (κ2) is 6.27. The number of aromatic nitrogens is 2. The minimum Gasteiger partial charge on any atom is -0.481 e. The Morgan fingerprint density at radius 1 is 1.40 bits per heavy atom. The average Bonchev–Trinajstić information content (AvgIpc) is 2.71. The largest absolute Gasteiger partial charge is 0.481 e. The summed E-state index contributed by atoms with van der Waals surface area (Å²) >= 11 is 6.06. The molecule has 0 saturated carbocycles. The zero-order valence-electron chi connectivity index (χ0n) is 11.8. The molecule has 0 fully saturated rings. The van der Waals surface area contributed by atoms with Crippen molar-refractivity contribution in [3.05, 3.63) is 29.0 Å². The molecule has 0 saturated heterocycles. The number of unbranched alkanes of at least 4 members (excludes halogenated alkanes) is 1. The number of hydrogen-bond donors (Lipinski definition) is 1. The van der Waals surface area contributed by atoms with E-state index < -0.39 is 5.97 Å². The monoisotopic (exact) mass is 294 g/mol. The number of carboxylic acids is 1. The van der Waals surface area contributed by atoms with Gasteiger partial charge in [-0.1, -0.05) is 11.6 Å². The zero-order valence-corrected chi connectivity index (χ0v) is 12.5. The molecule has 0 spiro atoms. The van der Waals surface area contributed by atoms with Crippen LogP contribution in [0.25, 0.3) is 11.0 Å². The van der Waals surface area contributed by atoms with Crippen molar-refractivity contribution in [2.75, 3.05) is 0 Å². The molecule has 0 aliphatic heterocycles.